The van der Waals surface area contributed by atoms with Crippen LogP contribution in [0.25, 0.3) is 0 Å². The monoisotopic (exact) mass is 359 g/mol. The Hall–Kier alpha value is -2.57. The topological polar surface area (TPSA) is 87.7 Å². The van der Waals surface area contributed by atoms with Gasteiger partial charge in [0.2, 0.25) is 0 Å². The van der Waals surface area contributed by atoms with Gasteiger partial charge in [0, 0.05) is 0 Å². The minimum absolute atomic E-state index is 0.274. The molecule has 1 saturated heterocycles. The first-order chi connectivity index (χ1) is 12.3. The highest BCUT2D eigenvalue weighted by Crippen LogP contribution is 2.35. The van der Waals surface area contributed by atoms with Gasteiger partial charge in [-0.2, -0.15) is 5.01 Å². The second-order valence-corrected chi connectivity index (χ2v) is 7.48. The Bertz CT molecular complexity index is 718. The highest BCUT2D eigenvalue weighted by atomic mass is 16.5. The molecule has 1 spiro atoms. The standard InChI is InChI=1S/C19H25N3O4/c1-12-4-6-19(7-5-12)17(24)22(18(25)20-19)21-16(23)11-26-15-9-13(2)8-14(3)10-15/h8-10,12H,4-7,11H2,1-3H3,(H,20,25)(H,21,23). The van der Waals surface area contributed by atoms with Gasteiger partial charge in [-0.15, -0.1) is 0 Å². The minimum atomic E-state index is -0.870. The zero-order valence-electron chi connectivity index (χ0n) is 15.4. The summed E-state index contributed by atoms with van der Waals surface area (Å²) in [6, 6.07) is 5.08. The molecule has 1 aliphatic carbocycles. The summed E-state index contributed by atoms with van der Waals surface area (Å²) >= 11 is 0. The summed E-state index contributed by atoms with van der Waals surface area (Å²) in [5.74, 6) is 0.191. The predicted molar refractivity (Wildman–Crippen MR) is 95.3 cm³/mol. The van der Waals surface area contributed by atoms with E-state index in [1.165, 1.54) is 0 Å². The average Bonchev–Trinajstić information content (AvgIpc) is 2.79. The third kappa shape index (κ3) is 3.66. The molecule has 1 saturated carbocycles. The first-order valence-corrected chi connectivity index (χ1v) is 8.96. The van der Waals surface area contributed by atoms with Crippen molar-refractivity contribution in [3.05, 3.63) is 29.3 Å². The SMILES string of the molecule is Cc1cc(C)cc(OCC(=O)NN2C(=O)NC3(CCC(C)CC3)C2=O)c1. The van der Waals surface area contributed by atoms with Crippen molar-refractivity contribution in [1.29, 1.82) is 0 Å². The van der Waals surface area contributed by atoms with Crippen LogP contribution in [0.2, 0.25) is 0 Å². The average molecular weight is 359 g/mol. The van der Waals surface area contributed by atoms with Crippen molar-refractivity contribution in [3.63, 3.8) is 0 Å². The molecule has 3 rings (SSSR count). The van der Waals surface area contributed by atoms with Crippen molar-refractivity contribution >= 4 is 17.8 Å². The summed E-state index contributed by atoms with van der Waals surface area (Å²) in [6.45, 7) is 5.75. The highest BCUT2D eigenvalue weighted by molar-refractivity contribution is 6.08. The Balaban J connectivity index is 1.58. The number of carbonyl (C=O) groups excluding carboxylic acids is 3. The maximum Gasteiger partial charge on any atom is 0.344 e. The van der Waals surface area contributed by atoms with Gasteiger partial charge in [0.1, 0.15) is 11.3 Å². The molecule has 0 radical (unpaired) electrons. The van der Waals surface area contributed by atoms with Gasteiger partial charge < -0.3 is 10.1 Å². The molecule has 1 aliphatic heterocycles. The summed E-state index contributed by atoms with van der Waals surface area (Å²) < 4.78 is 5.48. The van der Waals surface area contributed by atoms with E-state index in [4.69, 9.17) is 4.74 Å². The van der Waals surface area contributed by atoms with Crippen LogP contribution in [-0.4, -0.2) is 35.0 Å². The van der Waals surface area contributed by atoms with Crippen molar-refractivity contribution in [2.45, 2.75) is 52.0 Å². The molecule has 2 aliphatic rings. The zero-order valence-corrected chi connectivity index (χ0v) is 15.4. The first kappa shape index (κ1) is 18.2. The number of hydrogen-bond donors (Lipinski definition) is 2. The van der Waals surface area contributed by atoms with Crippen molar-refractivity contribution < 1.29 is 19.1 Å². The number of benzene rings is 1. The van der Waals surface area contributed by atoms with Gasteiger partial charge >= 0.3 is 6.03 Å². The Morgan fingerprint density at radius 1 is 1.23 bits per heavy atom. The summed E-state index contributed by atoms with van der Waals surface area (Å²) in [5.41, 5.74) is 3.56. The van der Waals surface area contributed by atoms with Gasteiger partial charge in [0.05, 0.1) is 0 Å². The second-order valence-electron chi connectivity index (χ2n) is 7.48. The minimum Gasteiger partial charge on any atom is -0.484 e. The molecule has 0 atom stereocenters. The molecule has 7 heteroatoms. The van der Waals surface area contributed by atoms with Gasteiger partial charge in [0.25, 0.3) is 11.8 Å². The van der Waals surface area contributed by atoms with Gasteiger partial charge in [0.15, 0.2) is 6.61 Å². The van der Waals surface area contributed by atoms with E-state index in [0.717, 1.165) is 29.0 Å². The van der Waals surface area contributed by atoms with Crippen LogP contribution in [0.15, 0.2) is 18.2 Å². The third-order valence-electron chi connectivity index (χ3n) is 5.09. The lowest BCUT2D eigenvalue weighted by Crippen LogP contribution is -2.52. The second kappa shape index (κ2) is 6.97. The molecule has 1 aromatic carbocycles. The summed E-state index contributed by atoms with van der Waals surface area (Å²) in [5, 5.41) is 3.56. The smallest absolute Gasteiger partial charge is 0.344 e. The van der Waals surface area contributed by atoms with Crippen molar-refractivity contribution in [2.75, 3.05) is 6.61 Å². The van der Waals surface area contributed by atoms with Crippen LogP contribution in [0, 0.1) is 19.8 Å². The quantitative estimate of drug-likeness (QED) is 0.807. The van der Waals surface area contributed by atoms with Gasteiger partial charge in [-0.05, 0) is 68.7 Å². The zero-order chi connectivity index (χ0) is 18.9. The van der Waals surface area contributed by atoms with Gasteiger partial charge in [-0.3, -0.25) is 15.0 Å². The van der Waals surface area contributed by atoms with Crippen LogP contribution >= 0.6 is 0 Å². The van der Waals surface area contributed by atoms with Gasteiger partial charge in [-0.25, -0.2) is 4.79 Å². The van der Waals surface area contributed by atoms with E-state index in [0.29, 0.717) is 24.5 Å². The number of nitrogens with one attached hydrogen (secondary N) is 2. The summed E-state index contributed by atoms with van der Waals surface area (Å²) in [6.07, 6.45) is 2.96. The fourth-order valence-corrected chi connectivity index (χ4v) is 3.64. The number of ether oxygens (including phenoxy) is 1. The Kier molecular flexibility index (Phi) is 4.89. The van der Waals surface area contributed by atoms with E-state index in [9.17, 15) is 14.4 Å². The Morgan fingerprint density at radius 2 is 1.85 bits per heavy atom. The maximum atomic E-state index is 12.7. The lowest BCUT2D eigenvalue weighted by Gasteiger charge is -2.33. The molecular weight excluding hydrogens is 334 g/mol. The Labute approximate surface area is 153 Å². The van der Waals surface area contributed by atoms with Crippen molar-refractivity contribution in [2.24, 2.45) is 5.92 Å². The maximum absolute atomic E-state index is 12.7. The molecule has 2 N–H and O–H groups in total. The molecule has 4 amide bonds. The number of imide groups is 1. The number of amides is 4. The first-order valence-electron chi connectivity index (χ1n) is 8.96. The van der Waals surface area contributed by atoms with Gasteiger partial charge in [-0.1, -0.05) is 13.0 Å². The molecular formula is C19H25N3O4. The van der Waals surface area contributed by atoms with Crippen LogP contribution in [0.3, 0.4) is 0 Å². The largest absolute Gasteiger partial charge is 0.484 e. The van der Waals surface area contributed by atoms with E-state index in [1.807, 2.05) is 32.0 Å². The third-order valence-corrected chi connectivity index (χ3v) is 5.09. The van der Waals surface area contributed by atoms with Crippen LogP contribution in [0.4, 0.5) is 4.79 Å². The fourth-order valence-electron chi connectivity index (χ4n) is 3.64. The number of rotatable bonds is 4. The van der Waals surface area contributed by atoms with Crippen LogP contribution in [-0.2, 0) is 9.59 Å². The number of hydrogen-bond acceptors (Lipinski definition) is 4. The summed E-state index contributed by atoms with van der Waals surface area (Å²) in [4.78, 5) is 37.0. The highest BCUT2D eigenvalue weighted by Gasteiger charge is 2.52. The molecule has 0 bridgehead atoms. The number of aryl methyl sites for hydroxylation is 2. The fraction of sp³-hybridized carbons (Fsp3) is 0.526. The summed E-state index contributed by atoms with van der Waals surface area (Å²) in [7, 11) is 0. The van der Waals surface area contributed by atoms with E-state index < -0.39 is 17.5 Å². The molecule has 7 nitrogen and oxygen atoms in total. The van der Waals surface area contributed by atoms with Crippen molar-refractivity contribution in [3.8, 4) is 5.75 Å². The van der Waals surface area contributed by atoms with Crippen molar-refractivity contribution in [1.82, 2.24) is 15.8 Å². The molecule has 2 fully saturated rings. The number of urea groups is 1. The molecule has 1 heterocycles. The normalized spacial score (nSPS) is 25.3. The van der Waals surface area contributed by atoms with E-state index in [2.05, 4.69) is 17.7 Å². The number of carbonyl (C=O) groups is 3. The molecule has 0 aromatic heterocycles. The Morgan fingerprint density at radius 3 is 2.46 bits per heavy atom. The molecule has 26 heavy (non-hydrogen) atoms. The lowest BCUT2D eigenvalue weighted by molar-refractivity contribution is -0.140. The predicted octanol–water partition coefficient (Wildman–Crippen LogP) is 2.21. The van der Waals surface area contributed by atoms with Crippen LogP contribution in [0.1, 0.15) is 43.7 Å². The lowest BCUT2D eigenvalue weighted by atomic mass is 9.77. The number of nitrogens with zero attached hydrogens (tertiary/aromatic N) is 1. The molecule has 0 unspecified atom stereocenters. The molecule has 140 valence electrons. The number of hydrazine groups is 1. The van der Waals surface area contributed by atoms with E-state index in [1.54, 1.807) is 0 Å². The molecule has 1 aromatic rings. The van der Waals surface area contributed by atoms with E-state index >= 15 is 0 Å². The van der Waals surface area contributed by atoms with Crippen LogP contribution in [0.5, 0.6) is 5.75 Å². The van der Waals surface area contributed by atoms with Crippen LogP contribution < -0.4 is 15.5 Å². The van der Waals surface area contributed by atoms with E-state index in [-0.39, 0.29) is 12.5 Å².